The summed E-state index contributed by atoms with van der Waals surface area (Å²) in [5, 5.41) is 3.46. The zero-order valence-electron chi connectivity index (χ0n) is 16.2. The van der Waals surface area contributed by atoms with Crippen molar-refractivity contribution in [1.82, 2.24) is 4.98 Å². The molecule has 28 heavy (non-hydrogen) atoms. The molecule has 0 aliphatic heterocycles. The molecule has 1 heterocycles. The van der Waals surface area contributed by atoms with Gasteiger partial charge in [-0.05, 0) is 24.6 Å². The van der Waals surface area contributed by atoms with E-state index in [0.29, 0.717) is 22.4 Å². The van der Waals surface area contributed by atoms with E-state index in [2.05, 4.69) is 10.3 Å². The number of nitrogens with one attached hydrogen (secondary N) is 1. The van der Waals surface area contributed by atoms with Crippen LogP contribution < -0.4 is 19.5 Å². The number of rotatable bonds is 7. The van der Waals surface area contributed by atoms with Crippen LogP contribution in [0.1, 0.15) is 10.4 Å². The normalized spacial score (nSPS) is 10.4. The molecule has 6 nitrogen and oxygen atoms in total. The second-order valence-electron chi connectivity index (χ2n) is 6.05. The number of carbonyl (C=O) groups excluding carboxylic acids is 1. The van der Waals surface area contributed by atoms with Gasteiger partial charge in [0.2, 0.25) is 11.7 Å². The van der Waals surface area contributed by atoms with Crippen molar-refractivity contribution in [2.45, 2.75) is 13.3 Å². The highest BCUT2D eigenvalue weighted by atomic mass is 32.1. The number of aromatic nitrogens is 1. The molecule has 2 aromatic carbocycles. The van der Waals surface area contributed by atoms with Gasteiger partial charge < -0.3 is 19.5 Å². The first-order chi connectivity index (χ1) is 13.5. The van der Waals surface area contributed by atoms with Crippen LogP contribution in [0, 0.1) is 6.92 Å². The van der Waals surface area contributed by atoms with Gasteiger partial charge in [0.05, 0.1) is 33.4 Å². The topological polar surface area (TPSA) is 69.7 Å². The quantitative estimate of drug-likeness (QED) is 0.642. The Morgan fingerprint density at radius 3 is 2.25 bits per heavy atom. The SMILES string of the molecule is COc1cc(CC(=O)Nc2nc(-c3ccccc3)c(C)s2)cc(OC)c1OC. The van der Waals surface area contributed by atoms with Gasteiger partial charge in [0.1, 0.15) is 0 Å². The van der Waals surface area contributed by atoms with Gasteiger partial charge in [-0.25, -0.2) is 4.98 Å². The van der Waals surface area contributed by atoms with Crippen LogP contribution >= 0.6 is 11.3 Å². The minimum atomic E-state index is -0.164. The number of amides is 1. The van der Waals surface area contributed by atoms with Crippen LogP contribution in [-0.4, -0.2) is 32.2 Å². The van der Waals surface area contributed by atoms with E-state index >= 15 is 0 Å². The lowest BCUT2D eigenvalue weighted by molar-refractivity contribution is -0.115. The summed E-state index contributed by atoms with van der Waals surface area (Å²) in [5.41, 5.74) is 2.67. The zero-order chi connectivity index (χ0) is 20.1. The molecule has 0 radical (unpaired) electrons. The zero-order valence-corrected chi connectivity index (χ0v) is 17.1. The lowest BCUT2D eigenvalue weighted by Crippen LogP contribution is -2.14. The monoisotopic (exact) mass is 398 g/mol. The third kappa shape index (κ3) is 4.26. The number of nitrogens with zero attached hydrogens (tertiary/aromatic N) is 1. The van der Waals surface area contributed by atoms with E-state index in [-0.39, 0.29) is 12.3 Å². The molecule has 0 bridgehead atoms. The Labute approximate surface area is 168 Å². The van der Waals surface area contributed by atoms with Crippen molar-refractivity contribution in [3.8, 4) is 28.5 Å². The predicted molar refractivity (Wildman–Crippen MR) is 111 cm³/mol. The minimum absolute atomic E-state index is 0.163. The lowest BCUT2D eigenvalue weighted by atomic mass is 10.1. The maximum atomic E-state index is 12.5. The van der Waals surface area contributed by atoms with E-state index in [9.17, 15) is 4.79 Å². The third-order valence-corrected chi connectivity index (χ3v) is 5.07. The molecule has 7 heteroatoms. The molecule has 0 atom stereocenters. The molecule has 0 saturated carbocycles. The van der Waals surface area contributed by atoms with E-state index in [4.69, 9.17) is 14.2 Å². The van der Waals surface area contributed by atoms with Crippen molar-refractivity contribution in [3.05, 3.63) is 52.9 Å². The Morgan fingerprint density at radius 2 is 1.68 bits per heavy atom. The fraction of sp³-hybridized carbons (Fsp3) is 0.238. The number of hydrogen-bond donors (Lipinski definition) is 1. The molecule has 1 amide bonds. The van der Waals surface area contributed by atoms with Crippen LogP contribution in [-0.2, 0) is 11.2 Å². The first-order valence-electron chi connectivity index (χ1n) is 8.67. The molecule has 146 valence electrons. The van der Waals surface area contributed by atoms with Crippen LogP contribution in [0.15, 0.2) is 42.5 Å². The Morgan fingerprint density at radius 1 is 1.04 bits per heavy atom. The maximum absolute atomic E-state index is 12.5. The minimum Gasteiger partial charge on any atom is -0.493 e. The number of carbonyl (C=O) groups is 1. The maximum Gasteiger partial charge on any atom is 0.230 e. The Balaban J connectivity index is 1.76. The van der Waals surface area contributed by atoms with Gasteiger partial charge in [-0.2, -0.15) is 0 Å². The fourth-order valence-electron chi connectivity index (χ4n) is 2.90. The van der Waals surface area contributed by atoms with Crippen LogP contribution in [0.25, 0.3) is 11.3 Å². The first kappa shape index (κ1) is 19.7. The van der Waals surface area contributed by atoms with E-state index < -0.39 is 0 Å². The van der Waals surface area contributed by atoms with Crippen molar-refractivity contribution in [3.63, 3.8) is 0 Å². The van der Waals surface area contributed by atoms with E-state index in [1.54, 1.807) is 33.5 Å². The van der Waals surface area contributed by atoms with E-state index in [1.807, 2.05) is 37.3 Å². The molecule has 3 aromatic rings. The molecule has 0 aliphatic carbocycles. The first-order valence-corrected chi connectivity index (χ1v) is 9.49. The van der Waals surface area contributed by atoms with Gasteiger partial charge in [-0.1, -0.05) is 30.3 Å². The number of anilines is 1. The Bertz CT molecular complexity index is 945. The Kier molecular flexibility index (Phi) is 6.16. The summed E-state index contributed by atoms with van der Waals surface area (Å²) >= 11 is 1.46. The number of ether oxygens (including phenoxy) is 3. The number of thiazole rings is 1. The second kappa shape index (κ2) is 8.75. The van der Waals surface area contributed by atoms with Crippen molar-refractivity contribution in [1.29, 1.82) is 0 Å². The highest BCUT2D eigenvalue weighted by Gasteiger charge is 2.16. The highest BCUT2D eigenvalue weighted by Crippen LogP contribution is 2.38. The van der Waals surface area contributed by atoms with Gasteiger partial charge in [0.15, 0.2) is 16.6 Å². The standard InChI is InChI=1S/C21H22N2O4S/c1-13-19(15-8-6-5-7-9-15)23-21(28-13)22-18(24)12-14-10-16(25-2)20(27-4)17(11-14)26-3/h5-11H,12H2,1-4H3,(H,22,23,24). The van der Waals surface area contributed by atoms with Crippen LogP contribution in [0.3, 0.4) is 0 Å². The molecule has 1 N–H and O–H groups in total. The summed E-state index contributed by atoms with van der Waals surface area (Å²) in [4.78, 5) is 18.2. The molecule has 0 saturated heterocycles. The molecule has 1 aromatic heterocycles. The molecule has 3 rings (SSSR count). The molecule has 0 spiro atoms. The molecule has 0 unspecified atom stereocenters. The number of hydrogen-bond acceptors (Lipinski definition) is 6. The molecular weight excluding hydrogens is 376 g/mol. The van der Waals surface area contributed by atoms with Gasteiger partial charge in [-0.15, -0.1) is 11.3 Å². The summed E-state index contributed by atoms with van der Waals surface area (Å²) < 4.78 is 16.0. The third-order valence-electron chi connectivity index (χ3n) is 4.18. The van der Waals surface area contributed by atoms with Gasteiger partial charge in [0, 0.05) is 10.4 Å². The van der Waals surface area contributed by atoms with Crippen LogP contribution in [0.4, 0.5) is 5.13 Å². The van der Waals surface area contributed by atoms with Gasteiger partial charge in [-0.3, -0.25) is 4.79 Å². The van der Waals surface area contributed by atoms with E-state index in [0.717, 1.165) is 21.7 Å². The van der Waals surface area contributed by atoms with Gasteiger partial charge in [0.25, 0.3) is 0 Å². The number of methoxy groups -OCH3 is 3. The van der Waals surface area contributed by atoms with Gasteiger partial charge >= 0.3 is 0 Å². The summed E-state index contributed by atoms with van der Waals surface area (Å²) in [7, 11) is 4.64. The van der Waals surface area contributed by atoms with Crippen LogP contribution in [0.2, 0.25) is 0 Å². The van der Waals surface area contributed by atoms with Crippen molar-refractivity contribution >= 4 is 22.4 Å². The fourth-order valence-corrected chi connectivity index (χ4v) is 3.75. The smallest absolute Gasteiger partial charge is 0.230 e. The highest BCUT2D eigenvalue weighted by molar-refractivity contribution is 7.16. The predicted octanol–water partition coefficient (Wildman–Crippen LogP) is 4.33. The summed E-state index contributed by atoms with van der Waals surface area (Å²) in [6.45, 7) is 1.99. The number of aryl methyl sites for hydroxylation is 1. The molecular formula is C21H22N2O4S. The van der Waals surface area contributed by atoms with Crippen LogP contribution in [0.5, 0.6) is 17.2 Å². The largest absolute Gasteiger partial charge is 0.493 e. The Hall–Kier alpha value is -3.06. The average molecular weight is 398 g/mol. The lowest BCUT2D eigenvalue weighted by Gasteiger charge is -2.13. The molecule has 0 aliphatic rings. The average Bonchev–Trinajstić information content (AvgIpc) is 3.07. The summed E-state index contributed by atoms with van der Waals surface area (Å²) in [6.07, 6.45) is 0.163. The van der Waals surface area contributed by atoms with Crippen molar-refractivity contribution in [2.75, 3.05) is 26.6 Å². The van der Waals surface area contributed by atoms with Crippen molar-refractivity contribution < 1.29 is 19.0 Å². The van der Waals surface area contributed by atoms with E-state index in [1.165, 1.54) is 11.3 Å². The number of benzene rings is 2. The molecule has 0 fully saturated rings. The van der Waals surface area contributed by atoms with Crippen molar-refractivity contribution in [2.24, 2.45) is 0 Å². The summed E-state index contributed by atoms with van der Waals surface area (Å²) in [5.74, 6) is 1.36. The summed E-state index contributed by atoms with van der Waals surface area (Å²) in [6, 6.07) is 13.4. The second-order valence-corrected chi connectivity index (χ2v) is 7.25.